The standard InChI is InChI=1S/C17H25NO4Si/c1-20-17(19)16-12-14(18-21-16)15(22-23(2,3)4)11-10-13-8-6-5-7-9-13/h5-9,15-16H,10-12H2,1-4H3. The lowest BCUT2D eigenvalue weighted by Crippen LogP contribution is -2.37. The highest BCUT2D eigenvalue weighted by atomic mass is 28.4. The highest BCUT2D eigenvalue weighted by molar-refractivity contribution is 6.69. The SMILES string of the molecule is COC(=O)C1CC(C(CCc2ccccc2)O[Si](C)(C)C)=NO1. The number of hydrogen-bond acceptors (Lipinski definition) is 5. The minimum Gasteiger partial charge on any atom is -0.466 e. The molecule has 0 amide bonds. The van der Waals surface area contributed by atoms with Crippen molar-refractivity contribution in [1.29, 1.82) is 0 Å². The normalized spacial score (nSPS) is 19.0. The molecule has 6 heteroatoms. The Morgan fingerprint density at radius 2 is 2.04 bits per heavy atom. The molecule has 0 saturated carbocycles. The van der Waals surface area contributed by atoms with Crippen molar-refractivity contribution < 1.29 is 18.8 Å². The number of nitrogens with zero attached hydrogens (tertiary/aromatic N) is 1. The van der Waals surface area contributed by atoms with Crippen LogP contribution >= 0.6 is 0 Å². The van der Waals surface area contributed by atoms with Crippen molar-refractivity contribution in [2.45, 2.75) is 51.1 Å². The van der Waals surface area contributed by atoms with E-state index in [1.165, 1.54) is 12.7 Å². The molecule has 1 aliphatic rings. The Morgan fingerprint density at radius 1 is 1.35 bits per heavy atom. The first-order valence-corrected chi connectivity index (χ1v) is 11.3. The number of esters is 1. The summed E-state index contributed by atoms with van der Waals surface area (Å²) in [5.41, 5.74) is 2.07. The van der Waals surface area contributed by atoms with Crippen LogP contribution in [0.2, 0.25) is 19.6 Å². The van der Waals surface area contributed by atoms with Crippen LogP contribution in [0.5, 0.6) is 0 Å². The number of carbonyl (C=O) groups excluding carboxylic acids is 1. The lowest BCUT2D eigenvalue weighted by Gasteiger charge is -2.26. The molecule has 1 aliphatic heterocycles. The van der Waals surface area contributed by atoms with Gasteiger partial charge < -0.3 is 14.0 Å². The summed E-state index contributed by atoms with van der Waals surface area (Å²) in [6, 6.07) is 10.3. The Hall–Kier alpha value is -1.66. The van der Waals surface area contributed by atoms with Crippen LogP contribution in [-0.2, 0) is 25.2 Å². The summed E-state index contributed by atoms with van der Waals surface area (Å²) in [6.45, 7) is 6.45. The topological polar surface area (TPSA) is 57.1 Å². The monoisotopic (exact) mass is 335 g/mol. The molecular formula is C17H25NO4Si. The summed E-state index contributed by atoms with van der Waals surface area (Å²) < 4.78 is 11.0. The van der Waals surface area contributed by atoms with Gasteiger partial charge in [-0.1, -0.05) is 35.5 Å². The Labute approximate surface area is 138 Å². The lowest BCUT2D eigenvalue weighted by atomic mass is 10.0. The molecule has 0 aromatic heterocycles. The van der Waals surface area contributed by atoms with Gasteiger partial charge >= 0.3 is 5.97 Å². The predicted molar refractivity (Wildman–Crippen MR) is 91.9 cm³/mol. The molecule has 0 radical (unpaired) electrons. The van der Waals surface area contributed by atoms with Gasteiger partial charge in [-0.25, -0.2) is 4.79 Å². The van der Waals surface area contributed by atoms with E-state index in [2.05, 4.69) is 36.9 Å². The molecule has 5 nitrogen and oxygen atoms in total. The Morgan fingerprint density at radius 3 is 2.65 bits per heavy atom. The van der Waals surface area contributed by atoms with Gasteiger partial charge in [-0.05, 0) is 38.0 Å². The number of hydrogen-bond donors (Lipinski definition) is 0. The maximum absolute atomic E-state index is 11.6. The number of aryl methyl sites for hydroxylation is 1. The third-order valence-corrected chi connectivity index (χ3v) is 4.55. The van der Waals surface area contributed by atoms with E-state index in [0.29, 0.717) is 6.42 Å². The van der Waals surface area contributed by atoms with E-state index >= 15 is 0 Å². The molecule has 2 atom stereocenters. The second kappa shape index (κ2) is 7.74. The Bertz CT molecular complexity index is 553. The molecule has 1 aromatic carbocycles. The predicted octanol–water partition coefficient (Wildman–Crippen LogP) is 3.16. The average Bonchev–Trinajstić information content (AvgIpc) is 3.00. The summed E-state index contributed by atoms with van der Waals surface area (Å²) >= 11 is 0. The van der Waals surface area contributed by atoms with Gasteiger partial charge in [-0.2, -0.15) is 0 Å². The van der Waals surface area contributed by atoms with E-state index in [1.807, 2.05) is 18.2 Å². The first-order valence-electron chi connectivity index (χ1n) is 7.91. The zero-order chi connectivity index (χ0) is 16.9. The van der Waals surface area contributed by atoms with E-state index in [4.69, 9.17) is 14.0 Å². The second-order valence-electron chi connectivity index (χ2n) is 6.65. The van der Waals surface area contributed by atoms with Gasteiger partial charge in [0.05, 0.1) is 18.9 Å². The molecule has 0 aliphatic carbocycles. The Balaban J connectivity index is 2.01. The van der Waals surface area contributed by atoms with Gasteiger partial charge in [0.25, 0.3) is 0 Å². The molecule has 0 saturated heterocycles. The largest absolute Gasteiger partial charge is 0.466 e. The third kappa shape index (κ3) is 5.48. The van der Waals surface area contributed by atoms with Crippen molar-refractivity contribution in [3.05, 3.63) is 35.9 Å². The summed E-state index contributed by atoms with van der Waals surface area (Å²) in [6.07, 6.45) is 1.41. The van der Waals surface area contributed by atoms with Crippen molar-refractivity contribution in [1.82, 2.24) is 0 Å². The number of ether oxygens (including phenoxy) is 1. The van der Waals surface area contributed by atoms with Crippen LogP contribution in [0.1, 0.15) is 18.4 Å². The van der Waals surface area contributed by atoms with E-state index in [-0.39, 0.29) is 6.10 Å². The summed E-state index contributed by atoms with van der Waals surface area (Å²) in [5.74, 6) is -0.390. The number of methoxy groups -OCH3 is 1. The van der Waals surface area contributed by atoms with Crippen LogP contribution in [-0.4, -0.2) is 39.3 Å². The van der Waals surface area contributed by atoms with Crippen molar-refractivity contribution in [3.63, 3.8) is 0 Å². The van der Waals surface area contributed by atoms with Gasteiger partial charge in [0, 0.05) is 6.42 Å². The zero-order valence-electron chi connectivity index (χ0n) is 14.2. The fourth-order valence-corrected chi connectivity index (χ4v) is 3.61. The number of oxime groups is 1. The van der Waals surface area contributed by atoms with Crippen LogP contribution in [0.15, 0.2) is 35.5 Å². The van der Waals surface area contributed by atoms with Crippen LogP contribution in [0.25, 0.3) is 0 Å². The molecule has 126 valence electrons. The molecule has 1 heterocycles. The van der Waals surface area contributed by atoms with Gasteiger partial charge in [-0.3, -0.25) is 0 Å². The van der Waals surface area contributed by atoms with Gasteiger partial charge in [0.2, 0.25) is 6.10 Å². The van der Waals surface area contributed by atoms with E-state index in [1.54, 1.807) is 0 Å². The van der Waals surface area contributed by atoms with Crippen LogP contribution in [0.4, 0.5) is 0 Å². The van der Waals surface area contributed by atoms with Crippen molar-refractivity contribution >= 4 is 20.0 Å². The smallest absolute Gasteiger partial charge is 0.350 e. The average molecular weight is 335 g/mol. The molecular weight excluding hydrogens is 310 g/mol. The fourth-order valence-electron chi connectivity index (χ4n) is 2.51. The maximum atomic E-state index is 11.6. The molecule has 0 bridgehead atoms. The minimum absolute atomic E-state index is 0.114. The van der Waals surface area contributed by atoms with Gasteiger partial charge in [0.15, 0.2) is 8.32 Å². The number of rotatable bonds is 7. The molecule has 0 spiro atoms. The van der Waals surface area contributed by atoms with E-state index < -0.39 is 20.4 Å². The third-order valence-electron chi connectivity index (χ3n) is 3.56. The quantitative estimate of drug-likeness (QED) is 0.567. The molecule has 1 aromatic rings. The van der Waals surface area contributed by atoms with E-state index in [9.17, 15) is 4.79 Å². The van der Waals surface area contributed by atoms with Crippen molar-refractivity contribution in [2.75, 3.05) is 7.11 Å². The first-order chi connectivity index (χ1) is 10.9. The Kier molecular flexibility index (Phi) is 5.95. The number of benzene rings is 1. The highest BCUT2D eigenvalue weighted by Crippen LogP contribution is 2.22. The molecule has 0 N–H and O–H groups in total. The van der Waals surface area contributed by atoms with Crippen molar-refractivity contribution in [2.24, 2.45) is 5.16 Å². The lowest BCUT2D eigenvalue weighted by molar-refractivity contribution is -0.152. The van der Waals surface area contributed by atoms with Gasteiger partial charge in [0.1, 0.15) is 0 Å². The summed E-state index contributed by atoms with van der Waals surface area (Å²) in [5, 5.41) is 4.10. The zero-order valence-corrected chi connectivity index (χ0v) is 15.2. The molecule has 2 rings (SSSR count). The second-order valence-corrected chi connectivity index (χ2v) is 11.1. The highest BCUT2D eigenvalue weighted by Gasteiger charge is 2.35. The van der Waals surface area contributed by atoms with E-state index in [0.717, 1.165) is 18.6 Å². The minimum atomic E-state index is -1.74. The molecule has 23 heavy (non-hydrogen) atoms. The maximum Gasteiger partial charge on any atom is 0.350 e. The summed E-state index contributed by atoms with van der Waals surface area (Å²) in [4.78, 5) is 16.8. The van der Waals surface area contributed by atoms with Crippen LogP contribution in [0, 0.1) is 0 Å². The molecule has 2 unspecified atom stereocenters. The number of carbonyl (C=O) groups is 1. The van der Waals surface area contributed by atoms with Crippen LogP contribution in [0.3, 0.4) is 0 Å². The summed E-state index contributed by atoms with van der Waals surface area (Å²) in [7, 11) is -0.380. The van der Waals surface area contributed by atoms with Gasteiger partial charge in [-0.15, -0.1) is 0 Å². The van der Waals surface area contributed by atoms with Crippen LogP contribution < -0.4 is 0 Å². The first kappa shape index (κ1) is 17.7. The fraction of sp³-hybridized carbons (Fsp3) is 0.529. The van der Waals surface area contributed by atoms with Crippen molar-refractivity contribution in [3.8, 4) is 0 Å². The molecule has 0 fully saturated rings.